The van der Waals surface area contributed by atoms with E-state index in [1.807, 2.05) is 0 Å². The minimum atomic E-state index is -1.35. The van der Waals surface area contributed by atoms with Crippen molar-refractivity contribution >= 4 is 28.9 Å². The summed E-state index contributed by atoms with van der Waals surface area (Å²) in [5, 5.41) is 10.5. The number of esters is 2. The highest BCUT2D eigenvalue weighted by Crippen LogP contribution is 2.34. The molecular weight excluding hydrogens is 353 g/mol. The number of carbonyl (C=O) groups is 2. The van der Waals surface area contributed by atoms with Crippen LogP contribution in [0.2, 0.25) is 0 Å². The van der Waals surface area contributed by atoms with E-state index < -0.39 is 42.6 Å². The molecule has 3 rings (SSSR count). The molecule has 0 saturated carbocycles. The molecule has 2 aromatic rings. The third-order valence-electron chi connectivity index (χ3n) is 3.76. The maximum atomic E-state index is 13.5. The first kappa shape index (κ1) is 17.9. The van der Waals surface area contributed by atoms with Gasteiger partial charge in [0.15, 0.2) is 29.3 Å². The minimum absolute atomic E-state index is 0.00578. The van der Waals surface area contributed by atoms with Crippen molar-refractivity contribution in [2.75, 3.05) is 12.3 Å². The number of nitrogens with two attached hydrogens (primary N) is 1. The van der Waals surface area contributed by atoms with Crippen LogP contribution in [0.15, 0.2) is 6.33 Å². The Morgan fingerprint density at radius 3 is 2.77 bits per heavy atom. The van der Waals surface area contributed by atoms with Crippen LogP contribution in [0.3, 0.4) is 0 Å². The lowest BCUT2D eigenvalue weighted by molar-refractivity contribution is -0.157. The summed E-state index contributed by atoms with van der Waals surface area (Å²) in [5.41, 5.74) is 5.72. The van der Waals surface area contributed by atoms with Gasteiger partial charge in [0.05, 0.1) is 6.33 Å². The van der Waals surface area contributed by atoms with E-state index in [0.717, 1.165) is 0 Å². The molecule has 26 heavy (non-hydrogen) atoms. The molecule has 0 unspecified atom stereocenters. The van der Waals surface area contributed by atoms with Gasteiger partial charge in [-0.2, -0.15) is 14.4 Å². The van der Waals surface area contributed by atoms with Gasteiger partial charge in [-0.3, -0.25) is 14.2 Å². The number of rotatable bonds is 4. The van der Waals surface area contributed by atoms with Crippen LogP contribution in [-0.2, 0) is 23.8 Å². The van der Waals surface area contributed by atoms with Gasteiger partial charge >= 0.3 is 18.0 Å². The molecule has 11 nitrogen and oxygen atoms in total. The molecule has 1 saturated heterocycles. The molecule has 0 aromatic carbocycles. The smallest absolute Gasteiger partial charge is 0.312 e. The second-order valence-corrected chi connectivity index (χ2v) is 5.63. The summed E-state index contributed by atoms with van der Waals surface area (Å²) in [6.45, 7) is 2.12. The summed E-state index contributed by atoms with van der Waals surface area (Å²) in [6, 6.07) is 0. The number of carbonyl (C=O) groups excluding carboxylic acids is 2. The van der Waals surface area contributed by atoms with Crippen LogP contribution in [-0.4, -0.2) is 61.5 Å². The summed E-state index contributed by atoms with van der Waals surface area (Å²) < 4.78 is 30.4. The number of anilines is 1. The monoisotopic (exact) mass is 369 g/mol. The minimum Gasteiger partial charge on any atom is -0.463 e. The quantitative estimate of drug-likeness (QED) is 0.523. The zero-order valence-electron chi connectivity index (χ0n) is 13.8. The third-order valence-corrected chi connectivity index (χ3v) is 3.76. The van der Waals surface area contributed by atoms with Crippen molar-refractivity contribution in [3.05, 3.63) is 12.4 Å². The standard InChI is InChI=1S/C14H16FN5O6/c1-5(21)24-3-7-10(25-6(2)22)9(23)13(26-7)20-4-17-8-11(16)18-14(15)19-12(8)20/h4,7,9-10,13,23H,3H2,1-2H3,(H2,16,18,19)/t7-,9-,10-,13-/m1/s1. The van der Waals surface area contributed by atoms with Gasteiger partial charge in [-0.25, -0.2) is 4.98 Å². The van der Waals surface area contributed by atoms with E-state index in [0.29, 0.717) is 0 Å². The van der Waals surface area contributed by atoms with Crippen LogP contribution in [0.25, 0.3) is 11.2 Å². The summed E-state index contributed by atoms with van der Waals surface area (Å²) in [4.78, 5) is 33.3. The zero-order valence-corrected chi connectivity index (χ0v) is 13.8. The first-order valence-corrected chi connectivity index (χ1v) is 7.57. The highest BCUT2D eigenvalue weighted by molar-refractivity contribution is 5.81. The van der Waals surface area contributed by atoms with E-state index >= 15 is 0 Å². The molecule has 0 spiro atoms. The first-order valence-electron chi connectivity index (χ1n) is 7.57. The zero-order chi connectivity index (χ0) is 19.0. The Bertz CT molecular complexity index is 858. The summed E-state index contributed by atoms with van der Waals surface area (Å²) in [5.74, 6) is -1.39. The molecule has 12 heteroatoms. The van der Waals surface area contributed by atoms with Crippen molar-refractivity contribution < 1.29 is 33.3 Å². The SMILES string of the molecule is CC(=O)OC[C@H]1O[C@@H](n2cnc3c(N)nc(F)nc32)[C@H](O)[C@@H]1OC(C)=O. The highest BCUT2D eigenvalue weighted by Gasteiger charge is 2.48. The Morgan fingerprint density at radius 1 is 1.38 bits per heavy atom. The van der Waals surface area contributed by atoms with E-state index in [2.05, 4.69) is 15.0 Å². The van der Waals surface area contributed by atoms with Crippen molar-refractivity contribution in [2.45, 2.75) is 38.4 Å². The maximum absolute atomic E-state index is 13.5. The number of hydrogen-bond acceptors (Lipinski definition) is 10. The van der Waals surface area contributed by atoms with Gasteiger partial charge in [-0.05, 0) is 0 Å². The number of fused-ring (bicyclic) bond motifs is 1. The van der Waals surface area contributed by atoms with Gasteiger partial charge in [0.1, 0.15) is 18.8 Å². The van der Waals surface area contributed by atoms with E-state index in [1.165, 1.54) is 24.7 Å². The maximum Gasteiger partial charge on any atom is 0.312 e. The molecule has 0 radical (unpaired) electrons. The van der Waals surface area contributed by atoms with Crippen molar-refractivity contribution in [1.82, 2.24) is 19.5 Å². The predicted octanol–water partition coefficient (Wildman–Crippen LogP) is -0.699. The van der Waals surface area contributed by atoms with Crippen LogP contribution in [0.5, 0.6) is 0 Å². The lowest BCUT2D eigenvalue weighted by Crippen LogP contribution is -2.38. The number of aromatic nitrogens is 4. The van der Waals surface area contributed by atoms with Crippen LogP contribution in [0.4, 0.5) is 10.2 Å². The van der Waals surface area contributed by atoms with Crippen molar-refractivity contribution in [1.29, 1.82) is 0 Å². The number of nitrogens with zero attached hydrogens (tertiary/aromatic N) is 4. The molecule has 0 bridgehead atoms. The van der Waals surface area contributed by atoms with E-state index in [1.54, 1.807) is 0 Å². The van der Waals surface area contributed by atoms with Gasteiger partial charge in [-0.15, -0.1) is 0 Å². The Kier molecular flexibility index (Phi) is 4.70. The molecule has 3 N–H and O–H groups in total. The second-order valence-electron chi connectivity index (χ2n) is 5.63. The summed E-state index contributed by atoms with van der Waals surface area (Å²) in [6.07, 6.45) is -4.36. The third kappa shape index (κ3) is 3.28. The molecule has 1 aliphatic heterocycles. The van der Waals surface area contributed by atoms with Gasteiger partial charge in [0, 0.05) is 13.8 Å². The number of halogens is 1. The molecular formula is C14H16FN5O6. The molecule has 2 aromatic heterocycles. The number of hydrogen-bond donors (Lipinski definition) is 2. The van der Waals surface area contributed by atoms with E-state index in [-0.39, 0.29) is 23.6 Å². The van der Waals surface area contributed by atoms with Crippen LogP contribution < -0.4 is 5.73 Å². The Labute approximate surface area is 145 Å². The number of aliphatic hydroxyl groups is 1. The molecule has 1 aliphatic rings. The fourth-order valence-corrected chi connectivity index (χ4v) is 2.72. The molecule has 0 amide bonds. The fraction of sp³-hybridized carbons (Fsp3) is 0.500. The van der Waals surface area contributed by atoms with Crippen molar-refractivity contribution in [3.8, 4) is 0 Å². The predicted molar refractivity (Wildman–Crippen MR) is 81.8 cm³/mol. The topological polar surface area (TPSA) is 152 Å². The van der Waals surface area contributed by atoms with E-state index in [4.69, 9.17) is 19.9 Å². The fourth-order valence-electron chi connectivity index (χ4n) is 2.72. The lowest BCUT2D eigenvalue weighted by Gasteiger charge is -2.19. The Hall–Kier alpha value is -2.86. The molecule has 1 fully saturated rings. The first-order chi connectivity index (χ1) is 12.3. The number of nitrogen functional groups attached to an aromatic ring is 1. The Balaban J connectivity index is 1.95. The van der Waals surface area contributed by atoms with Crippen LogP contribution in [0, 0.1) is 6.08 Å². The number of ether oxygens (including phenoxy) is 3. The normalized spacial score (nSPS) is 25.4. The van der Waals surface area contributed by atoms with Gasteiger partial charge < -0.3 is 25.1 Å². The average Bonchev–Trinajstić information content (AvgIpc) is 3.08. The molecule has 140 valence electrons. The van der Waals surface area contributed by atoms with E-state index in [9.17, 15) is 19.1 Å². The summed E-state index contributed by atoms with van der Waals surface area (Å²) in [7, 11) is 0. The average molecular weight is 369 g/mol. The van der Waals surface area contributed by atoms with Crippen LogP contribution in [0.1, 0.15) is 20.1 Å². The second kappa shape index (κ2) is 6.80. The largest absolute Gasteiger partial charge is 0.463 e. The Morgan fingerprint density at radius 2 is 2.12 bits per heavy atom. The van der Waals surface area contributed by atoms with Gasteiger partial charge in [0.25, 0.3) is 0 Å². The number of aliphatic hydroxyl groups excluding tert-OH is 1. The van der Waals surface area contributed by atoms with Gasteiger partial charge in [-0.1, -0.05) is 0 Å². The van der Waals surface area contributed by atoms with Crippen molar-refractivity contribution in [3.63, 3.8) is 0 Å². The van der Waals surface area contributed by atoms with Crippen molar-refractivity contribution in [2.24, 2.45) is 0 Å². The summed E-state index contributed by atoms with van der Waals surface area (Å²) >= 11 is 0. The number of imidazole rings is 1. The lowest BCUT2D eigenvalue weighted by atomic mass is 10.1. The molecule has 4 atom stereocenters. The van der Waals surface area contributed by atoms with Crippen LogP contribution >= 0.6 is 0 Å². The highest BCUT2D eigenvalue weighted by atomic mass is 19.1. The molecule has 0 aliphatic carbocycles. The molecule has 3 heterocycles. The van der Waals surface area contributed by atoms with Gasteiger partial charge in [0.2, 0.25) is 0 Å².